The van der Waals surface area contributed by atoms with Crippen LogP contribution in [0.15, 0.2) is 24.3 Å². The molecular weight excluding hydrogens is 390 g/mol. The van der Waals surface area contributed by atoms with E-state index < -0.39 is 21.0 Å². The summed E-state index contributed by atoms with van der Waals surface area (Å²) in [4.78, 5) is 26.6. The Morgan fingerprint density at radius 2 is 1.79 bits per heavy atom. The summed E-state index contributed by atoms with van der Waals surface area (Å²) in [5.74, 6) is -1.22. The van der Waals surface area contributed by atoms with Crippen molar-refractivity contribution in [2.24, 2.45) is 5.73 Å². The van der Waals surface area contributed by atoms with Gasteiger partial charge >= 0.3 is 0 Å². The number of carbonyl (C=O) groups is 2. The fourth-order valence-corrected chi connectivity index (χ4v) is 6.47. The van der Waals surface area contributed by atoms with Gasteiger partial charge in [0, 0.05) is 23.6 Å². The Hall–Kier alpha value is -1.93. The molecule has 29 heavy (non-hydrogen) atoms. The van der Waals surface area contributed by atoms with Gasteiger partial charge in [0.25, 0.3) is 5.91 Å². The third-order valence-corrected chi connectivity index (χ3v) is 8.77. The molecule has 1 aromatic rings. The second kappa shape index (κ2) is 7.72. The lowest BCUT2D eigenvalue weighted by Gasteiger charge is -2.28. The van der Waals surface area contributed by atoms with Gasteiger partial charge in [-0.1, -0.05) is 12.1 Å². The monoisotopic (exact) mass is 419 g/mol. The Morgan fingerprint density at radius 3 is 2.38 bits per heavy atom. The highest BCUT2D eigenvalue weighted by atomic mass is 32.2. The first-order chi connectivity index (χ1) is 13.8. The summed E-state index contributed by atoms with van der Waals surface area (Å²) in [6, 6.07) is 7.43. The van der Waals surface area contributed by atoms with Crippen molar-refractivity contribution in [3.05, 3.63) is 35.4 Å². The Morgan fingerprint density at radius 1 is 1.14 bits per heavy atom. The minimum absolute atomic E-state index is 0.0421. The van der Waals surface area contributed by atoms with Crippen LogP contribution in [0.25, 0.3) is 0 Å². The van der Waals surface area contributed by atoms with E-state index in [9.17, 15) is 18.0 Å². The summed E-state index contributed by atoms with van der Waals surface area (Å²) < 4.78 is 23.9. The minimum atomic E-state index is -3.51. The van der Waals surface area contributed by atoms with E-state index in [0.717, 1.165) is 6.54 Å². The normalized spacial score (nSPS) is 28.0. The fourth-order valence-electron chi connectivity index (χ4n) is 4.70. The van der Waals surface area contributed by atoms with Gasteiger partial charge in [-0.15, -0.1) is 0 Å². The highest BCUT2D eigenvalue weighted by molar-refractivity contribution is 7.92. The van der Waals surface area contributed by atoms with Gasteiger partial charge in [0.15, 0.2) is 9.84 Å². The van der Waals surface area contributed by atoms with Crippen molar-refractivity contribution in [1.82, 2.24) is 10.2 Å². The molecule has 1 aromatic carbocycles. The molecule has 2 saturated heterocycles. The largest absolute Gasteiger partial charge is 0.369 e. The molecule has 158 valence electrons. The first-order valence-electron chi connectivity index (χ1n) is 10.4. The van der Waals surface area contributed by atoms with E-state index in [0.29, 0.717) is 12.0 Å². The van der Waals surface area contributed by atoms with Crippen LogP contribution in [0.4, 0.5) is 0 Å². The molecule has 2 atom stereocenters. The number of hydrogen-bond donors (Lipinski definition) is 2. The van der Waals surface area contributed by atoms with Crippen LogP contribution in [0.5, 0.6) is 0 Å². The van der Waals surface area contributed by atoms with Gasteiger partial charge in [-0.2, -0.15) is 0 Å². The second-order valence-electron chi connectivity index (χ2n) is 8.79. The Kier molecular flexibility index (Phi) is 5.42. The van der Waals surface area contributed by atoms with Gasteiger partial charge in [-0.05, 0) is 69.3 Å². The summed E-state index contributed by atoms with van der Waals surface area (Å²) in [7, 11) is -3.51. The molecule has 2 heterocycles. The van der Waals surface area contributed by atoms with Crippen LogP contribution in [-0.2, 0) is 20.0 Å². The van der Waals surface area contributed by atoms with E-state index in [1.165, 1.54) is 44.3 Å². The standard InChI is InChI=1S/C21H29N3O4S/c22-19(25)18-13-17(7-12-29(18,27)28)23-20(26)15-3-5-16(6-4-15)21(8-9-21)14-24-10-1-2-11-24/h3-6,17-18H,1-2,7-14H2,(H2,22,25)(H,23,26). The molecule has 0 spiro atoms. The molecule has 0 aromatic heterocycles. The molecule has 4 rings (SSSR count). The maximum Gasteiger partial charge on any atom is 0.251 e. The summed E-state index contributed by atoms with van der Waals surface area (Å²) >= 11 is 0. The number of sulfone groups is 1. The molecular formula is C21H29N3O4S. The predicted octanol–water partition coefficient (Wildman–Crippen LogP) is 0.975. The van der Waals surface area contributed by atoms with Crippen LogP contribution in [-0.4, -0.2) is 61.8 Å². The summed E-state index contributed by atoms with van der Waals surface area (Å²) in [6.07, 6.45) is 5.30. The smallest absolute Gasteiger partial charge is 0.251 e. The first-order valence-corrected chi connectivity index (χ1v) is 12.2. The Labute approximate surface area is 171 Å². The van der Waals surface area contributed by atoms with Crippen LogP contribution in [0.1, 0.15) is 54.4 Å². The van der Waals surface area contributed by atoms with Crippen molar-refractivity contribution in [2.45, 2.75) is 55.2 Å². The van der Waals surface area contributed by atoms with Crippen molar-refractivity contribution in [2.75, 3.05) is 25.4 Å². The lowest BCUT2D eigenvalue weighted by molar-refractivity contribution is -0.117. The molecule has 8 heteroatoms. The van der Waals surface area contributed by atoms with Gasteiger partial charge in [0.05, 0.1) is 5.75 Å². The van der Waals surface area contributed by atoms with Gasteiger partial charge in [0.2, 0.25) is 5.91 Å². The van der Waals surface area contributed by atoms with E-state index in [-0.39, 0.29) is 29.5 Å². The highest BCUT2D eigenvalue weighted by Crippen LogP contribution is 2.49. The summed E-state index contributed by atoms with van der Waals surface area (Å²) in [5.41, 5.74) is 7.32. The lowest BCUT2D eigenvalue weighted by atomic mass is 9.94. The number of nitrogens with two attached hydrogens (primary N) is 1. The molecule has 2 unspecified atom stereocenters. The zero-order chi connectivity index (χ0) is 20.6. The quantitative estimate of drug-likeness (QED) is 0.714. The van der Waals surface area contributed by atoms with Gasteiger partial charge in [-0.3, -0.25) is 9.59 Å². The lowest BCUT2D eigenvalue weighted by Crippen LogP contribution is -2.49. The molecule has 0 radical (unpaired) electrons. The summed E-state index contributed by atoms with van der Waals surface area (Å²) in [5, 5.41) is 1.65. The van der Waals surface area contributed by atoms with Crippen molar-refractivity contribution in [3.63, 3.8) is 0 Å². The summed E-state index contributed by atoms with van der Waals surface area (Å²) in [6.45, 7) is 3.47. The van der Waals surface area contributed by atoms with Crippen molar-refractivity contribution >= 4 is 21.7 Å². The molecule has 3 fully saturated rings. The maximum atomic E-state index is 12.6. The van der Waals surface area contributed by atoms with Crippen LogP contribution in [0.2, 0.25) is 0 Å². The molecule has 0 bridgehead atoms. The first kappa shape index (κ1) is 20.3. The molecule has 7 nitrogen and oxygen atoms in total. The number of rotatable bonds is 6. The number of likely N-dealkylation sites (tertiary alicyclic amines) is 1. The molecule has 3 N–H and O–H groups in total. The molecule has 2 amide bonds. The van der Waals surface area contributed by atoms with Crippen molar-refractivity contribution < 1.29 is 18.0 Å². The van der Waals surface area contributed by atoms with Gasteiger partial charge in [-0.25, -0.2) is 8.42 Å². The minimum Gasteiger partial charge on any atom is -0.369 e. The zero-order valence-corrected chi connectivity index (χ0v) is 17.4. The van der Waals surface area contributed by atoms with Crippen LogP contribution in [0.3, 0.4) is 0 Å². The molecule has 1 saturated carbocycles. The van der Waals surface area contributed by atoms with Crippen molar-refractivity contribution in [1.29, 1.82) is 0 Å². The number of primary amides is 1. The van der Waals surface area contributed by atoms with E-state index in [1.54, 1.807) is 0 Å². The third kappa shape index (κ3) is 4.33. The van der Waals surface area contributed by atoms with Gasteiger partial charge < -0.3 is 16.0 Å². The number of nitrogens with one attached hydrogen (secondary N) is 1. The number of carbonyl (C=O) groups excluding carboxylic acids is 2. The average Bonchev–Trinajstić information content (AvgIpc) is 3.28. The molecule has 3 aliphatic rings. The van der Waals surface area contributed by atoms with E-state index in [4.69, 9.17) is 5.73 Å². The SMILES string of the molecule is NC(=O)C1CC(NC(=O)c2ccc(C3(CN4CCCC4)CC3)cc2)CCS1(=O)=O. The zero-order valence-electron chi connectivity index (χ0n) is 16.6. The molecule has 1 aliphatic carbocycles. The fraction of sp³-hybridized carbons (Fsp3) is 0.619. The van der Waals surface area contributed by atoms with E-state index >= 15 is 0 Å². The maximum absolute atomic E-state index is 12.6. The van der Waals surface area contributed by atoms with Crippen LogP contribution in [0, 0.1) is 0 Å². The third-order valence-electron chi connectivity index (χ3n) is 6.67. The van der Waals surface area contributed by atoms with Crippen molar-refractivity contribution in [3.8, 4) is 0 Å². The van der Waals surface area contributed by atoms with Gasteiger partial charge in [0.1, 0.15) is 5.25 Å². The van der Waals surface area contributed by atoms with Crippen LogP contribution < -0.4 is 11.1 Å². The Bertz CT molecular complexity index is 887. The Balaban J connectivity index is 1.38. The number of hydrogen-bond acceptors (Lipinski definition) is 5. The average molecular weight is 420 g/mol. The predicted molar refractivity (Wildman–Crippen MR) is 110 cm³/mol. The number of amides is 2. The van der Waals surface area contributed by atoms with Crippen LogP contribution >= 0.6 is 0 Å². The topological polar surface area (TPSA) is 110 Å². The van der Waals surface area contributed by atoms with E-state index in [1.807, 2.05) is 12.1 Å². The molecule has 2 aliphatic heterocycles. The van der Waals surface area contributed by atoms with E-state index in [2.05, 4.69) is 22.3 Å². The number of nitrogens with zero attached hydrogens (tertiary/aromatic N) is 1. The second-order valence-corrected chi connectivity index (χ2v) is 11.1. The highest BCUT2D eigenvalue weighted by Gasteiger charge is 2.45. The number of benzene rings is 1.